The molecule has 3 heteroatoms. The van der Waals surface area contributed by atoms with Crippen LogP contribution in [0.1, 0.15) is 25.3 Å². The molecule has 1 unspecified atom stereocenters. The SMILES string of the molecule is C=C(C)CN(CC)C(=O)C(C#N)c1ccccc1. The number of hydrogen-bond acceptors (Lipinski definition) is 2. The van der Waals surface area contributed by atoms with Crippen LogP contribution in [-0.4, -0.2) is 23.9 Å². The molecule has 3 nitrogen and oxygen atoms in total. The summed E-state index contributed by atoms with van der Waals surface area (Å²) in [6.45, 7) is 8.66. The van der Waals surface area contributed by atoms with Crippen LogP contribution in [0.3, 0.4) is 0 Å². The van der Waals surface area contributed by atoms with E-state index in [1.807, 2.05) is 32.0 Å². The Hall–Kier alpha value is -2.08. The molecule has 1 atom stereocenters. The average Bonchev–Trinajstić information content (AvgIpc) is 2.37. The van der Waals surface area contributed by atoms with Gasteiger partial charge in [0.25, 0.3) is 0 Å². The summed E-state index contributed by atoms with van der Waals surface area (Å²) >= 11 is 0. The zero-order valence-electron chi connectivity index (χ0n) is 10.9. The Balaban J connectivity index is 2.92. The number of amides is 1. The first-order valence-electron chi connectivity index (χ1n) is 5.97. The van der Waals surface area contributed by atoms with Crippen molar-refractivity contribution in [2.24, 2.45) is 0 Å². The lowest BCUT2D eigenvalue weighted by atomic mass is 9.99. The van der Waals surface area contributed by atoms with Crippen LogP contribution in [0.25, 0.3) is 0 Å². The molecule has 18 heavy (non-hydrogen) atoms. The molecular weight excluding hydrogens is 224 g/mol. The summed E-state index contributed by atoms with van der Waals surface area (Å²) in [5.74, 6) is -0.889. The van der Waals surface area contributed by atoms with Crippen molar-refractivity contribution in [2.75, 3.05) is 13.1 Å². The summed E-state index contributed by atoms with van der Waals surface area (Å²) in [5, 5.41) is 9.21. The highest BCUT2D eigenvalue weighted by Gasteiger charge is 2.24. The smallest absolute Gasteiger partial charge is 0.244 e. The Bertz CT molecular complexity index is 459. The second-order valence-corrected chi connectivity index (χ2v) is 4.28. The van der Waals surface area contributed by atoms with Gasteiger partial charge in [0.15, 0.2) is 0 Å². The molecule has 0 bridgehead atoms. The number of carbonyl (C=O) groups is 1. The minimum absolute atomic E-state index is 0.158. The Labute approximate surface area is 108 Å². The largest absolute Gasteiger partial charge is 0.338 e. The molecule has 0 aromatic heterocycles. The molecular formula is C15H18N2O. The second-order valence-electron chi connectivity index (χ2n) is 4.28. The topological polar surface area (TPSA) is 44.1 Å². The van der Waals surface area contributed by atoms with E-state index in [2.05, 4.69) is 12.6 Å². The van der Waals surface area contributed by atoms with E-state index in [1.54, 1.807) is 17.0 Å². The lowest BCUT2D eigenvalue weighted by Crippen LogP contribution is -2.35. The molecule has 0 saturated carbocycles. The van der Waals surface area contributed by atoms with Gasteiger partial charge < -0.3 is 4.90 Å². The van der Waals surface area contributed by atoms with Crippen molar-refractivity contribution in [3.8, 4) is 6.07 Å². The molecule has 1 aromatic rings. The maximum atomic E-state index is 12.3. The molecule has 1 amide bonds. The van der Waals surface area contributed by atoms with E-state index in [1.165, 1.54) is 0 Å². The van der Waals surface area contributed by atoms with E-state index in [-0.39, 0.29) is 5.91 Å². The van der Waals surface area contributed by atoms with Crippen molar-refractivity contribution in [3.05, 3.63) is 48.0 Å². The van der Waals surface area contributed by atoms with Crippen LogP contribution in [0.4, 0.5) is 0 Å². The van der Waals surface area contributed by atoms with Crippen molar-refractivity contribution >= 4 is 5.91 Å². The summed E-state index contributed by atoms with van der Waals surface area (Å²) in [5.41, 5.74) is 1.65. The highest BCUT2D eigenvalue weighted by atomic mass is 16.2. The number of nitrogens with zero attached hydrogens (tertiary/aromatic N) is 2. The number of benzene rings is 1. The third kappa shape index (κ3) is 3.46. The first kappa shape index (κ1) is 14.0. The lowest BCUT2D eigenvalue weighted by molar-refractivity contribution is -0.130. The van der Waals surface area contributed by atoms with Crippen molar-refractivity contribution in [1.82, 2.24) is 4.90 Å². The van der Waals surface area contributed by atoms with Gasteiger partial charge in [0, 0.05) is 13.1 Å². The van der Waals surface area contributed by atoms with Crippen molar-refractivity contribution in [3.63, 3.8) is 0 Å². The third-order valence-electron chi connectivity index (χ3n) is 2.66. The highest BCUT2D eigenvalue weighted by Crippen LogP contribution is 2.18. The molecule has 1 aromatic carbocycles. The summed E-state index contributed by atoms with van der Waals surface area (Å²) < 4.78 is 0. The van der Waals surface area contributed by atoms with E-state index in [9.17, 15) is 10.1 Å². The normalized spacial score (nSPS) is 11.4. The average molecular weight is 242 g/mol. The van der Waals surface area contributed by atoms with Crippen LogP contribution < -0.4 is 0 Å². The fourth-order valence-electron chi connectivity index (χ4n) is 1.77. The summed E-state index contributed by atoms with van der Waals surface area (Å²) in [6.07, 6.45) is 0. The van der Waals surface area contributed by atoms with Gasteiger partial charge in [-0.15, -0.1) is 0 Å². The van der Waals surface area contributed by atoms with Gasteiger partial charge in [0.05, 0.1) is 6.07 Å². The predicted octanol–water partition coefficient (Wildman–Crippen LogP) is 2.72. The minimum atomic E-state index is -0.731. The van der Waals surface area contributed by atoms with Crippen molar-refractivity contribution < 1.29 is 4.79 Å². The standard InChI is InChI=1S/C15H18N2O/c1-4-17(11-12(2)3)15(18)14(10-16)13-8-6-5-7-9-13/h5-9,14H,2,4,11H2,1,3H3. The maximum Gasteiger partial charge on any atom is 0.244 e. The molecule has 0 aliphatic carbocycles. The molecule has 1 rings (SSSR count). The first-order chi connectivity index (χ1) is 8.60. The van der Waals surface area contributed by atoms with Crippen molar-refractivity contribution in [2.45, 2.75) is 19.8 Å². The molecule has 0 heterocycles. The lowest BCUT2D eigenvalue weighted by Gasteiger charge is -2.23. The zero-order valence-corrected chi connectivity index (χ0v) is 10.9. The number of likely N-dealkylation sites (N-methyl/N-ethyl adjacent to an activating group) is 1. The van der Waals surface area contributed by atoms with Gasteiger partial charge in [0.1, 0.15) is 5.92 Å². The highest BCUT2D eigenvalue weighted by molar-refractivity contribution is 5.86. The quantitative estimate of drug-likeness (QED) is 0.745. The number of rotatable bonds is 5. The van der Waals surface area contributed by atoms with Crippen LogP contribution in [0.2, 0.25) is 0 Å². The van der Waals surface area contributed by atoms with E-state index in [0.29, 0.717) is 13.1 Å². The van der Waals surface area contributed by atoms with Gasteiger partial charge in [-0.2, -0.15) is 5.26 Å². The van der Waals surface area contributed by atoms with Gasteiger partial charge in [-0.1, -0.05) is 42.5 Å². The molecule has 0 radical (unpaired) electrons. The van der Waals surface area contributed by atoms with Crippen LogP contribution in [-0.2, 0) is 4.79 Å². The number of carbonyl (C=O) groups excluding carboxylic acids is 1. The monoisotopic (exact) mass is 242 g/mol. The Morgan fingerprint density at radius 3 is 2.50 bits per heavy atom. The van der Waals surface area contributed by atoms with Gasteiger partial charge in [-0.3, -0.25) is 4.79 Å². The molecule has 0 N–H and O–H groups in total. The number of hydrogen-bond donors (Lipinski definition) is 0. The molecule has 0 spiro atoms. The molecule has 0 fully saturated rings. The summed E-state index contributed by atoms with van der Waals surface area (Å²) in [4.78, 5) is 14.0. The van der Waals surface area contributed by atoms with E-state index in [4.69, 9.17) is 0 Å². The van der Waals surface area contributed by atoms with Crippen LogP contribution in [0.15, 0.2) is 42.5 Å². The Kier molecular flexibility index (Phi) is 5.13. The first-order valence-corrected chi connectivity index (χ1v) is 5.97. The van der Waals surface area contributed by atoms with Gasteiger partial charge in [-0.05, 0) is 19.4 Å². The van der Waals surface area contributed by atoms with E-state index < -0.39 is 5.92 Å². The summed E-state index contributed by atoms with van der Waals surface area (Å²) in [7, 11) is 0. The van der Waals surface area contributed by atoms with Gasteiger partial charge >= 0.3 is 0 Å². The van der Waals surface area contributed by atoms with E-state index >= 15 is 0 Å². The van der Waals surface area contributed by atoms with Gasteiger partial charge in [0.2, 0.25) is 5.91 Å². The van der Waals surface area contributed by atoms with Crippen molar-refractivity contribution in [1.29, 1.82) is 5.26 Å². The third-order valence-corrected chi connectivity index (χ3v) is 2.66. The minimum Gasteiger partial charge on any atom is -0.338 e. The van der Waals surface area contributed by atoms with Crippen LogP contribution in [0.5, 0.6) is 0 Å². The molecule has 0 saturated heterocycles. The van der Waals surface area contributed by atoms with Gasteiger partial charge in [-0.25, -0.2) is 0 Å². The fourth-order valence-corrected chi connectivity index (χ4v) is 1.77. The maximum absolute atomic E-state index is 12.3. The Morgan fingerprint density at radius 1 is 1.44 bits per heavy atom. The molecule has 94 valence electrons. The second kappa shape index (κ2) is 6.61. The predicted molar refractivity (Wildman–Crippen MR) is 71.9 cm³/mol. The van der Waals surface area contributed by atoms with E-state index in [0.717, 1.165) is 11.1 Å². The summed E-state index contributed by atoms with van der Waals surface area (Å²) in [6, 6.07) is 11.2. The van der Waals surface area contributed by atoms with Crippen LogP contribution >= 0.6 is 0 Å². The number of nitriles is 1. The fraction of sp³-hybridized carbons (Fsp3) is 0.333. The molecule has 0 aliphatic heterocycles. The van der Waals surface area contributed by atoms with Crippen LogP contribution in [0, 0.1) is 11.3 Å². The molecule has 0 aliphatic rings. The Morgan fingerprint density at radius 2 is 2.06 bits per heavy atom. The zero-order chi connectivity index (χ0) is 13.5.